The fourth-order valence-electron chi connectivity index (χ4n) is 6.74. The average molecular weight is 748 g/mol. The van der Waals surface area contributed by atoms with Crippen LogP contribution in [0.1, 0.15) is 71.1 Å². The van der Waals surface area contributed by atoms with Crippen molar-refractivity contribution in [1.29, 1.82) is 0 Å². The van der Waals surface area contributed by atoms with Crippen molar-refractivity contribution >= 4 is 40.7 Å². The van der Waals surface area contributed by atoms with E-state index < -0.39 is 76.5 Å². The summed E-state index contributed by atoms with van der Waals surface area (Å²) in [4.78, 5) is 45.9. The standard InChI is InChI=1S/C33H32ClF6N3O6S/c1-2-5-25-31(49-22-15-26(50-17-22)33(38,39)40,9-4-11-42(25)28(45)27-23(32(35,36)37)6-3-10-41-27)30(48)43-16-18-7-8-20(34)12-19(18)13-21(43)14-24(44)29(46)47/h3,6-8,10,12,15,17,21,24-25,44H,2,4-5,9,11,13-14,16H2,1H3,(H,46,47)/t21-,24+,25-,31+/m1/s1. The summed E-state index contributed by atoms with van der Waals surface area (Å²) in [5, 5.41) is 21.3. The predicted molar refractivity (Wildman–Crippen MR) is 169 cm³/mol. The number of piperidine rings is 1. The lowest BCUT2D eigenvalue weighted by Gasteiger charge is -2.51. The van der Waals surface area contributed by atoms with Crippen LogP contribution in [0.5, 0.6) is 5.75 Å². The Kier molecular flexibility index (Phi) is 10.8. The van der Waals surface area contributed by atoms with E-state index in [1.807, 2.05) is 0 Å². The summed E-state index contributed by atoms with van der Waals surface area (Å²) in [6, 6.07) is 5.04. The molecule has 1 saturated heterocycles. The van der Waals surface area contributed by atoms with Crippen molar-refractivity contribution in [3.63, 3.8) is 0 Å². The molecular weight excluding hydrogens is 716 g/mol. The Morgan fingerprint density at radius 3 is 2.48 bits per heavy atom. The molecule has 2 aliphatic rings. The first-order valence-corrected chi connectivity index (χ1v) is 16.9. The van der Waals surface area contributed by atoms with E-state index in [4.69, 9.17) is 16.3 Å². The number of thiophene rings is 1. The number of carbonyl (C=O) groups excluding carboxylic acids is 2. The number of aliphatic carboxylic acids is 1. The molecule has 0 radical (unpaired) electrons. The molecule has 2 aromatic heterocycles. The minimum Gasteiger partial charge on any atom is -0.479 e. The van der Waals surface area contributed by atoms with Crippen LogP contribution in [0.25, 0.3) is 0 Å². The molecule has 1 fully saturated rings. The van der Waals surface area contributed by atoms with Crippen molar-refractivity contribution in [2.24, 2.45) is 0 Å². The highest BCUT2D eigenvalue weighted by Gasteiger charge is 2.57. The van der Waals surface area contributed by atoms with Gasteiger partial charge in [-0.2, -0.15) is 26.3 Å². The van der Waals surface area contributed by atoms with Gasteiger partial charge in [0.15, 0.2) is 6.10 Å². The van der Waals surface area contributed by atoms with Crippen molar-refractivity contribution < 1.29 is 55.7 Å². The summed E-state index contributed by atoms with van der Waals surface area (Å²) in [5.41, 5.74) is -3.06. The number of aromatic nitrogens is 1. The number of fused-ring (bicyclic) bond motifs is 1. The Bertz CT molecular complexity index is 1750. The molecule has 2 N–H and O–H groups in total. The van der Waals surface area contributed by atoms with E-state index >= 15 is 4.79 Å². The van der Waals surface area contributed by atoms with Crippen LogP contribution in [0.4, 0.5) is 26.3 Å². The number of pyridine rings is 1. The third-order valence-corrected chi connectivity index (χ3v) is 10.2. The van der Waals surface area contributed by atoms with Gasteiger partial charge in [-0.15, -0.1) is 11.3 Å². The first kappa shape index (κ1) is 37.4. The minimum absolute atomic E-state index is 0.00456. The van der Waals surface area contributed by atoms with Gasteiger partial charge in [-0.25, -0.2) is 4.79 Å². The number of halogens is 7. The van der Waals surface area contributed by atoms with Gasteiger partial charge < -0.3 is 24.7 Å². The van der Waals surface area contributed by atoms with Gasteiger partial charge in [0.1, 0.15) is 16.3 Å². The fourth-order valence-corrected chi connectivity index (χ4v) is 7.61. The number of hydrogen-bond donors (Lipinski definition) is 2. The largest absolute Gasteiger partial charge is 0.479 e. The van der Waals surface area contributed by atoms with Crippen LogP contribution in [0.2, 0.25) is 5.02 Å². The van der Waals surface area contributed by atoms with Crippen LogP contribution in [0, 0.1) is 0 Å². The number of carboxylic acid groups (broad SMARTS) is 1. The predicted octanol–water partition coefficient (Wildman–Crippen LogP) is 6.85. The number of amides is 2. The topological polar surface area (TPSA) is 120 Å². The lowest BCUT2D eigenvalue weighted by molar-refractivity contribution is -0.165. The first-order valence-electron chi connectivity index (χ1n) is 15.6. The lowest BCUT2D eigenvalue weighted by Crippen LogP contribution is -2.69. The molecule has 0 bridgehead atoms. The second kappa shape index (κ2) is 14.4. The molecule has 0 unspecified atom stereocenters. The van der Waals surface area contributed by atoms with Crippen LogP contribution in [0.3, 0.4) is 0 Å². The van der Waals surface area contributed by atoms with Gasteiger partial charge in [0.2, 0.25) is 5.60 Å². The van der Waals surface area contributed by atoms with Gasteiger partial charge in [0.25, 0.3) is 11.8 Å². The zero-order valence-electron chi connectivity index (χ0n) is 26.4. The summed E-state index contributed by atoms with van der Waals surface area (Å²) < 4.78 is 89.4. The molecule has 2 amide bonds. The van der Waals surface area contributed by atoms with E-state index in [-0.39, 0.29) is 50.9 Å². The van der Waals surface area contributed by atoms with Crippen molar-refractivity contribution in [1.82, 2.24) is 14.8 Å². The highest BCUT2D eigenvalue weighted by Crippen LogP contribution is 2.44. The molecule has 2 aliphatic heterocycles. The molecule has 270 valence electrons. The molecule has 17 heteroatoms. The highest BCUT2D eigenvalue weighted by molar-refractivity contribution is 7.10. The third-order valence-electron chi connectivity index (χ3n) is 8.96. The Hall–Kier alpha value is -3.89. The number of carbonyl (C=O) groups is 3. The average Bonchev–Trinajstić information content (AvgIpc) is 3.53. The molecule has 0 aliphatic carbocycles. The number of rotatable bonds is 9. The van der Waals surface area contributed by atoms with Crippen LogP contribution in [-0.2, 0) is 34.9 Å². The summed E-state index contributed by atoms with van der Waals surface area (Å²) in [5.74, 6) is -3.86. The number of aliphatic hydroxyl groups excluding tert-OH is 1. The summed E-state index contributed by atoms with van der Waals surface area (Å²) >= 11 is 6.52. The van der Waals surface area contributed by atoms with E-state index in [1.54, 1.807) is 25.1 Å². The zero-order valence-corrected chi connectivity index (χ0v) is 28.0. The van der Waals surface area contributed by atoms with Crippen molar-refractivity contribution in [3.8, 4) is 5.75 Å². The SMILES string of the molecule is CCC[C@H]1N(C(=O)c2ncccc2C(F)(F)F)CCC[C@@]1(Oc1csc(C(F)(F)F)c1)C(=O)N1Cc2ccc(Cl)cc2C[C@@H]1C[C@H](O)C(=O)O. The second-order valence-electron chi connectivity index (χ2n) is 12.2. The molecule has 0 saturated carbocycles. The third kappa shape index (κ3) is 7.56. The number of hydrogen-bond acceptors (Lipinski definition) is 7. The van der Waals surface area contributed by atoms with Gasteiger partial charge in [-0.05, 0) is 54.7 Å². The highest BCUT2D eigenvalue weighted by atomic mass is 35.5. The van der Waals surface area contributed by atoms with Crippen molar-refractivity contribution in [3.05, 3.63) is 80.3 Å². The number of alkyl halides is 6. The van der Waals surface area contributed by atoms with E-state index in [0.29, 0.717) is 39.6 Å². The summed E-state index contributed by atoms with van der Waals surface area (Å²) in [6.07, 6.45) is -10.8. The maximum Gasteiger partial charge on any atom is 0.425 e. The quantitative estimate of drug-likeness (QED) is 0.230. The second-order valence-corrected chi connectivity index (χ2v) is 13.6. The zero-order chi connectivity index (χ0) is 36.6. The minimum atomic E-state index is -4.95. The number of nitrogens with zero attached hydrogens (tertiary/aromatic N) is 3. The number of ether oxygens (including phenoxy) is 1. The molecule has 9 nitrogen and oxygen atoms in total. The van der Waals surface area contributed by atoms with Gasteiger partial charge in [0.05, 0.1) is 11.6 Å². The van der Waals surface area contributed by atoms with Gasteiger partial charge >= 0.3 is 18.3 Å². The Labute approximate surface area is 291 Å². The van der Waals surface area contributed by atoms with Crippen LogP contribution < -0.4 is 4.74 Å². The molecule has 0 spiro atoms. The molecule has 5 rings (SSSR count). The molecule has 3 aromatic rings. The number of carboxylic acids is 1. The molecular formula is C33H32ClF6N3O6S. The monoisotopic (exact) mass is 747 g/mol. The summed E-state index contributed by atoms with van der Waals surface area (Å²) in [7, 11) is 0. The Morgan fingerprint density at radius 1 is 1.10 bits per heavy atom. The van der Waals surface area contributed by atoms with Gasteiger partial charge in [0, 0.05) is 54.6 Å². The van der Waals surface area contributed by atoms with Gasteiger partial charge in [-0.1, -0.05) is 31.0 Å². The fraction of sp³-hybridized carbons (Fsp3) is 0.455. The van der Waals surface area contributed by atoms with Crippen LogP contribution in [0.15, 0.2) is 48.0 Å². The van der Waals surface area contributed by atoms with E-state index in [0.717, 1.165) is 22.5 Å². The van der Waals surface area contributed by atoms with E-state index in [1.165, 1.54) is 4.90 Å². The normalized spacial score (nSPS) is 21.8. The van der Waals surface area contributed by atoms with E-state index in [9.17, 15) is 46.1 Å². The first-order chi connectivity index (χ1) is 23.5. The maximum absolute atomic E-state index is 15.1. The lowest BCUT2D eigenvalue weighted by atomic mass is 9.78. The Balaban J connectivity index is 1.65. The molecule has 1 aromatic carbocycles. The maximum atomic E-state index is 15.1. The van der Waals surface area contributed by atoms with Gasteiger partial charge in [-0.3, -0.25) is 14.6 Å². The summed E-state index contributed by atoms with van der Waals surface area (Å²) in [6.45, 7) is 1.44. The number of benzene rings is 1. The van der Waals surface area contributed by atoms with Crippen molar-refractivity contribution in [2.45, 2.75) is 88.1 Å². The molecule has 4 heterocycles. The van der Waals surface area contributed by atoms with E-state index in [2.05, 4.69) is 4.98 Å². The molecule has 4 atom stereocenters. The number of likely N-dealkylation sites (tertiary alicyclic amines) is 1. The van der Waals surface area contributed by atoms with Crippen LogP contribution in [-0.4, -0.2) is 73.1 Å². The van der Waals surface area contributed by atoms with Crippen LogP contribution >= 0.6 is 22.9 Å². The number of aliphatic hydroxyl groups is 1. The molecule has 50 heavy (non-hydrogen) atoms. The Morgan fingerprint density at radius 2 is 1.84 bits per heavy atom. The smallest absolute Gasteiger partial charge is 0.425 e. The van der Waals surface area contributed by atoms with Crippen molar-refractivity contribution in [2.75, 3.05) is 6.54 Å².